The first-order valence-corrected chi connectivity index (χ1v) is 6.25. The van der Waals surface area contributed by atoms with Gasteiger partial charge in [-0.25, -0.2) is 0 Å². The Kier molecular flexibility index (Phi) is 3.50. The van der Waals surface area contributed by atoms with Crippen LogP contribution in [0, 0.1) is 5.92 Å². The van der Waals surface area contributed by atoms with E-state index in [1.165, 1.54) is 0 Å². The average molecular weight is 227 g/mol. The van der Waals surface area contributed by atoms with Crippen LogP contribution in [0.4, 0.5) is 0 Å². The second-order valence-corrected chi connectivity index (χ2v) is 5.09. The molecular weight excluding hydrogens is 206 g/mol. The SMILES string of the molecule is CC1CCCC1(NCC1CCCO1)C(=O)O. The van der Waals surface area contributed by atoms with Crippen LogP contribution in [0.15, 0.2) is 0 Å². The Labute approximate surface area is 96.4 Å². The zero-order chi connectivity index (χ0) is 11.6. The van der Waals surface area contributed by atoms with E-state index in [0.29, 0.717) is 6.54 Å². The molecule has 1 heterocycles. The first-order chi connectivity index (χ1) is 7.65. The minimum Gasteiger partial charge on any atom is -0.480 e. The van der Waals surface area contributed by atoms with Crippen molar-refractivity contribution in [3.63, 3.8) is 0 Å². The second kappa shape index (κ2) is 4.72. The van der Waals surface area contributed by atoms with Crippen molar-refractivity contribution in [2.45, 2.75) is 50.7 Å². The summed E-state index contributed by atoms with van der Waals surface area (Å²) in [5.74, 6) is -0.484. The molecule has 2 fully saturated rings. The molecule has 3 unspecified atom stereocenters. The smallest absolute Gasteiger partial charge is 0.324 e. The predicted molar refractivity (Wildman–Crippen MR) is 60.4 cm³/mol. The molecular formula is C12H21NO3. The summed E-state index contributed by atoms with van der Waals surface area (Å²) in [6.07, 6.45) is 5.12. The van der Waals surface area contributed by atoms with Crippen molar-refractivity contribution in [1.29, 1.82) is 0 Å². The lowest BCUT2D eigenvalue weighted by Crippen LogP contribution is -2.55. The zero-order valence-electron chi connectivity index (χ0n) is 9.87. The van der Waals surface area contributed by atoms with Gasteiger partial charge in [0.25, 0.3) is 0 Å². The topological polar surface area (TPSA) is 58.6 Å². The van der Waals surface area contributed by atoms with Crippen LogP contribution in [-0.2, 0) is 9.53 Å². The number of carbonyl (C=O) groups is 1. The molecule has 0 aromatic carbocycles. The largest absolute Gasteiger partial charge is 0.480 e. The quantitative estimate of drug-likeness (QED) is 0.762. The molecule has 1 aliphatic carbocycles. The van der Waals surface area contributed by atoms with Crippen molar-refractivity contribution in [3.05, 3.63) is 0 Å². The molecule has 4 heteroatoms. The standard InChI is InChI=1S/C12H21NO3/c1-9-4-2-6-12(9,11(14)15)13-8-10-5-3-7-16-10/h9-10,13H,2-8H2,1H3,(H,14,15). The molecule has 0 radical (unpaired) electrons. The van der Waals surface area contributed by atoms with Crippen molar-refractivity contribution in [2.75, 3.05) is 13.2 Å². The summed E-state index contributed by atoms with van der Waals surface area (Å²) in [6, 6.07) is 0. The first kappa shape index (κ1) is 11.9. The molecule has 2 rings (SSSR count). The van der Waals surface area contributed by atoms with Crippen LogP contribution in [0.5, 0.6) is 0 Å². The molecule has 0 bridgehead atoms. The Morgan fingerprint density at radius 1 is 1.50 bits per heavy atom. The summed E-state index contributed by atoms with van der Waals surface area (Å²) in [5.41, 5.74) is -0.702. The maximum Gasteiger partial charge on any atom is 0.324 e. The summed E-state index contributed by atoms with van der Waals surface area (Å²) in [4.78, 5) is 11.4. The van der Waals surface area contributed by atoms with Gasteiger partial charge in [0.2, 0.25) is 0 Å². The summed E-state index contributed by atoms with van der Waals surface area (Å²) >= 11 is 0. The monoisotopic (exact) mass is 227 g/mol. The molecule has 3 atom stereocenters. The van der Waals surface area contributed by atoms with Gasteiger partial charge in [0.05, 0.1) is 6.10 Å². The van der Waals surface area contributed by atoms with E-state index in [4.69, 9.17) is 4.74 Å². The molecule has 92 valence electrons. The molecule has 2 aliphatic rings. The third-order valence-electron chi connectivity index (χ3n) is 4.10. The summed E-state index contributed by atoms with van der Waals surface area (Å²) in [5, 5.41) is 12.7. The molecule has 1 aliphatic heterocycles. The van der Waals surface area contributed by atoms with Gasteiger partial charge in [-0.1, -0.05) is 13.3 Å². The van der Waals surface area contributed by atoms with Crippen LogP contribution in [0.3, 0.4) is 0 Å². The maximum atomic E-state index is 11.4. The third kappa shape index (κ3) is 2.09. The Morgan fingerprint density at radius 3 is 2.81 bits per heavy atom. The van der Waals surface area contributed by atoms with E-state index >= 15 is 0 Å². The fourth-order valence-corrected chi connectivity index (χ4v) is 2.94. The Morgan fingerprint density at radius 2 is 2.31 bits per heavy atom. The van der Waals surface area contributed by atoms with E-state index in [9.17, 15) is 9.90 Å². The van der Waals surface area contributed by atoms with E-state index < -0.39 is 11.5 Å². The van der Waals surface area contributed by atoms with Crippen LogP contribution >= 0.6 is 0 Å². The molecule has 4 nitrogen and oxygen atoms in total. The normalized spacial score (nSPS) is 39.1. The molecule has 2 N–H and O–H groups in total. The van der Waals surface area contributed by atoms with E-state index in [2.05, 4.69) is 5.32 Å². The molecule has 0 aromatic rings. The predicted octanol–water partition coefficient (Wildman–Crippen LogP) is 1.40. The summed E-state index contributed by atoms with van der Waals surface area (Å²) in [6.45, 7) is 3.53. The van der Waals surface area contributed by atoms with Crippen LogP contribution < -0.4 is 5.32 Å². The van der Waals surface area contributed by atoms with Crippen molar-refractivity contribution in [1.82, 2.24) is 5.32 Å². The van der Waals surface area contributed by atoms with Crippen molar-refractivity contribution in [3.8, 4) is 0 Å². The molecule has 0 spiro atoms. The molecule has 0 aromatic heterocycles. The molecule has 1 saturated heterocycles. The summed E-state index contributed by atoms with van der Waals surface area (Å²) < 4.78 is 5.52. The van der Waals surface area contributed by atoms with Gasteiger partial charge < -0.3 is 9.84 Å². The van der Waals surface area contributed by atoms with Gasteiger partial charge in [0.1, 0.15) is 5.54 Å². The van der Waals surface area contributed by atoms with Gasteiger partial charge in [-0.3, -0.25) is 10.1 Å². The van der Waals surface area contributed by atoms with E-state index in [-0.39, 0.29) is 12.0 Å². The minimum absolute atomic E-state index is 0.212. The number of hydrogen-bond donors (Lipinski definition) is 2. The summed E-state index contributed by atoms with van der Waals surface area (Å²) in [7, 11) is 0. The highest BCUT2D eigenvalue weighted by atomic mass is 16.5. The highest BCUT2D eigenvalue weighted by Gasteiger charge is 2.46. The van der Waals surface area contributed by atoms with Crippen molar-refractivity contribution < 1.29 is 14.6 Å². The van der Waals surface area contributed by atoms with Gasteiger partial charge in [-0.05, 0) is 31.6 Å². The van der Waals surface area contributed by atoms with Gasteiger partial charge in [-0.2, -0.15) is 0 Å². The first-order valence-electron chi connectivity index (χ1n) is 6.25. The Balaban J connectivity index is 1.94. The number of nitrogens with one attached hydrogen (secondary N) is 1. The fraction of sp³-hybridized carbons (Fsp3) is 0.917. The second-order valence-electron chi connectivity index (χ2n) is 5.09. The van der Waals surface area contributed by atoms with Gasteiger partial charge in [-0.15, -0.1) is 0 Å². The molecule has 0 amide bonds. The van der Waals surface area contributed by atoms with Crippen LogP contribution in [0.1, 0.15) is 39.0 Å². The number of carboxylic acids is 1. The molecule has 16 heavy (non-hydrogen) atoms. The minimum atomic E-state index is -0.702. The maximum absolute atomic E-state index is 11.4. The number of aliphatic carboxylic acids is 1. The van der Waals surface area contributed by atoms with Gasteiger partial charge in [0.15, 0.2) is 0 Å². The third-order valence-corrected chi connectivity index (χ3v) is 4.10. The van der Waals surface area contributed by atoms with Gasteiger partial charge in [0, 0.05) is 13.2 Å². The van der Waals surface area contributed by atoms with E-state index in [0.717, 1.165) is 38.7 Å². The lowest BCUT2D eigenvalue weighted by atomic mass is 9.88. The van der Waals surface area contributed by atoms with Crippen LogP contribution in [0.2, 0.25) is 0 Å². The van der Waals surface area contributed by atoms with Crippen LogP contribution in [0.25, 0.3) is 0 Å². The lowest BCUT2D eigenvalue weighted by Gasteiger charge is -2.31. The number of ether oxygens (including phenoxy) is 1. The highest BCUT2D eigenvalue weighted by molar-refractivity contribution is 5.79. The highest BCUT2D eigenvalue weighted by Crippen LogP contribution is 2.35. The zero-order valence-corrected chi connectivity index (χ0v) is 9.87. The van der Waals surface area contributed by atoms with E-state index in [1.807, 2.05) is 6.92 Å². The fourth-order valence-electron chi connectivity index (χ4n) is 2.94. The number of rotatable bonds is 4. The van der Waals surface area contributed by atoms with Crippen molar-refractivity contribution in [2.24, 2.45) is 5.92 Å². The van der Waals surface area contributed by atoms with E-state index in [1.54, 1.807) is 0 Å². The number of hydrogen-bond acceptors (Lipinski definition) is 3. The van der Waals surface area contributed by atoms with Crippen LogP contribution in [-0.4, -0.2) is 35.9 Å². The number of carboxylic acid groups (broad SMARTS) is 1. The lowest BCUT2D eigenvalue weighted by molar-refractivity contribution is -0.146. The Hall–Kier alpha value is -0.610. The average Bonchev–Trinajstić information content (AvgIpc) is 2.85. The van der Waals surface area contributed by atoms with Crippen molar-refractivity contribution >= 4 is 5.97 Å². The molecule has 1 saturated carbocycles. The Bertz CT molecular complexity index is 263. The van der Waals surface area contributed by atoms with Gasteiger partial charge >= 0.3 is 5.97 Å².